The number of ether oxygens (including phenoxy) is 1. The molecule has 1 atom stereocenters. The first-order valence-corrected chi connectivity index (χ1v) is 8.51. The molecule has 122 valence electrons. The van der Waals surface area contributed by atoms with E-state index in [0.717, 1.165) is 5.56 Å². The molecule has 1 unspecified atom stereocenters. The molecule has 1 aliphatic rings. The number of carboxylic acid groups (broad SMARTS) is 1. The summed E-state index contributed by atoms with van der Waals surface area (Å²) in [4.78, 5) is 10.9. The van der Waals surface area contributed by atoms with E-state index in [1.165, 1.54) is 10.4 Å². The molecule has 8 heteroatoms. The van der Waals surface area contributed by atoms with Crippen LogP contribution in [0.15, 0.2) is 24.3 Å². The van der Waals surface area contributed by atoms with Crippen LogP contribution in [0.4, 0.5) is 0 Å². The van der Waals surface area contributed by atoms with Crippen LogP contribution in [0.1, 0.15) is 22.8 Å². The number of nitrogens with one attached hydrogen (secondary N) is 1. The van der Waals surface area contributed by atoms with E-state index < -0.39 is 16.2 Å². The van der Waals surface area contributed by atoms with E-state index in [2.05, 4.69) is 4.72 Å². The zero-order valence-electron chi connectivity index (χ0n) is 12.4. The summed E-state index contributed by atoms with van der Waals surface area (Å²) < 4.78 is 33.6. The number of hydrogen-bond acceptors (Lipinski definition) is 4. The number of morpholine rings is 1. The van der Waals surface area contributed by atoms with Crippen LogP contribution in [-0.4, -0.2) is 56.1 Å². The van der Waals surface area contributed by atoms with Crippen LogP contribution in [0, 0.1) is 0 Å². The van der Waals surface area contributed by atoms with Crippen molar-refractivity contribution in [3.05, 3.63) is 35.4 Å². The second-order valence-corrected chi connectivity index (χ2v) is 6.95. The molecule has 1 aliphatic heterocycles. The first kappa shape index (κ1) is 16.9. The van der Waals surface area contributed by atoms with E-state index >= 15 is 0 Å². The number of aromatic carboxylic acids is 1. The number of rotatable bonds is 6. The molecule has 1 saturated heterocycles. The summed E-state index contributed by atoms with van der Waals surface area (Å²) in [6.45, 7) is 3.12. The molecule has 0 radical (unpaired) electrons. The molecule has 2 rings (SSSR count). The van der Waals surface area contributed by atoms with Gasteiger partial charge in [0.15, 0.2) is 0 Å². The van der Waals surface area contributed by atoms with Crippen molar-refractivity contribution in [2.45, 2.75) is 19.4 Å². The van der Waals surface area contributed by atoms with Crippen LogP contribution < -0.4 is 4.72 Å². The van der Waals surface area contributed by atoms with Crippen LogP contribution in [0.25, 0.3) is 0 Å². The SMILES string of the molecule is CC1CN(S(=O)(=O)NCCc2cccc(C(=O)O)c2)CCO1. The van der Waals surface area contributed by atoms with Gasteiger partial charge in [0.05, 0.1) is 18.3 Å². The van der Waals surface area contributed by atoms with Gasteiger partial charge in [-0.25, -0.2) is 9.52 Å². The Bertz CT molecular complexity index is 632. The van der Waals surface area contributed by atoms with Crippen LogP contribution >= 0.6 is 0 Å². The van der Waals surface area contributed by atoms with Crippen molar-refractivity contribution in [1.82, 2.24) is 9.03 Å². The summed E-state index contributed by atoms with van der Waals surface area (Å²) in [6.07, 6.45) is 0.317. The van der Waals surface area contributed by atoms with Crippen molar-refractivity contribution in [2.24, 2.45) is 0 Å². The Kier molecular flexibility index (Phi) is 5.52. The van der Waals surface area contributed by atoms with Gasteiger partial charge in [-0.1, -0.05) is 12.1 Å². The smallest absolute Gasteiger partial charge is 0.335 e. The van der Waals surface area contributed by atoms with Crippen molar-refractivity contribution < 1.29 is 23.1 Å². The highest BCUT2D eigenvalue weighted by atomic mass is 32.2. The molecule has 1 fully saturated rings. The van der Waals surface area contributed by atoms with Gasteiger partial charge in [0, 0.05) is 19.6 Å². The highest BCUT2D eigenvalue weighted by Crippen LogP contribution is 2.09. The van der Waals surface area contributed by atoms with Gasteiger partial charge in [-0.2, -0.15) is 12.7 Å². The summed E-state index contributed by atoms with van der Waals surface area (Å²) in [5.41, 5.74) is 0.973. The van der Waals surface area contributed by atoms with Crippen molar-refractivity contribution in [3.63, 3.8) is 0 Å². The molecule has 0 spiro atoms. The van der Waals surface area contributed by atoms with Gasteiger partial charge < -0.3 is 9.84 Å². The number of hydrogen-bond donors (Lipinski definition) is 2. The normalized spacial score (nSPS) is 20.0. The van der Waals surface area contributed by atoms with E-state index in [0.29, 0.717) is 26.1 Å². The third kappa shape index (κ3) is 4.51. The van der Waals surface area contributed by atoms with Gasteiger partial charge in [0.2, 0.25) is 0 Å². The zero-order chi connectivity index (χ0) is 16.2. The standard InChI is InChI=1S/C14H20N2O5S/c1-11-10-16(7-8-21-11)22(19,20)15-6-5-12-3-2-4-13(9-12)14(17)18/h2-4,9,11,15H,5-8,10H2,1H3,(H,17,18). The second kappa shape index (κ2) is 7.19. The highest BCUT2D eigenvalue weighted by molar-refractivity contribution is 7.87. The average molecular weight is 328 g/mol. The Hall–Kier alpha value is -1.48. The molecular weight excluding hydrogens is 308 g/mol. The minimum absolute atomic E-state index is 0.113. The van der Waals surface area contributed by atoms with Gasteiger partial charge in [-0.05, 0) is 31.0 Å². The molecule has 2 N–H and O–H groups in total. The van der Waals surface area contributed by atoms with E-state index in [-0.39, 0.29) is 18.2 Å². The van der Waals surface area contributed by atoms with Crippen molar-refractivity contribution in [1.29, 1.82) is 0 Å². The fourth-order valence-electron chi connectivity index (χ4n) is 2.28. The quantitative estimate of drug-likeness (QED) is 0.792. The first-order valence-electron chi connectivity index (χ1n) is 7.07. The van der Waals surface area contributed by atoms with E-state index in [1.807, 2.05) is 6.92 Å². The van der Waals surface area contributed by atoms with Crippen molar-refractivity contribution in [3.8, 4) is 0 Å². The predicted molar refractivity (Wildman–Crippen MR) is 81.0 cm³/mol. The van der Waals surface area contributed by atoms with Gasteiger partial charge in [-0.15, -0.1) is 0 Å². The lowest BCUT2D eigenvalue weighted by Crippen LogP contribution is -2.49. The van der Waals surface area contributed by atoms with Crippen LogP contribution in [-0.2, 0) is 21.4 Å². The summed E-state index contributed by atoms with van der Waals surface area (Å²) in [6, 6.07) is 6.48. The lowest BCUT2D eigenvalue weighted by molar-refractivity contribution is 0.00979. The summed E-state index contributed by atoms with van der Waals surface area (Å²) in [7, 11) is -3.53. The second-order valence-electron chi connectivity index (χ2n) is 5.19. The molecule has 0 saturated carbocycles. The topological polar surface area (TPSA) is 95.9 Å². The fraction of sp³-hybridized carbons (Fsp3) is 0.500. The largest absolute Gasteiger partial charge is 0.478 e. The van der Waals surface area contributed by atoms with E-state index in [9.17, 15) is 13.2 Å². The molecule has 7 nitrogen and oxygen atoms in total. The average Bonchev–Trinajstić information content (AvgIpc) is 2.47. The van der Waals surface area contributed by atoms with Crippen molar-refractivity contribution in [2.75, 3.05) is 26.2 Å². The molecule has 0 aliphatic carbocycles. The summed E-state index contributed by atoms with van der Waals surface area (Å²) in [5.74, 6) is -0.996. The lowest BCUT2D eigenvalue weighted by atomic mass is 10.1. The number of carboxylic acids is 1. The predicted octanol–water partition coefficient (Wildman–Crippen LogP) is 0.482. The van der Waals surface area contributed by atoms with Crippen LogP contribution in [0.5, 0.6) is 0 Å². The lowest BCUT2D eigenvalue weighted by Gasteiger charge is -2.30. The van der Waals surface area contributed by atoms with Gasteiger partial charge in [-0.3, -0.25) is 0 Å². The molecule has 0 bridgehead atoms. The Morgan fingerprint density at radius 1 is 1.50 bits per heavy atom. The molecule has 1 aromatic rings. The molecular formula is C14H20N2O5S. The molecule has 22 heavy (non-hydrogen) atoms. The van der Waals surface area contributed by atoms with Crippen LogP contribution in [0.3, 0.4) is 0 Å². The maximum Gasteiger partial charge on any atom is 0.335 e. The van der Waals surface area contributed by atoms with E-state index in [1.54, 1.807) is 18.2 Å². The van der Waals surface area contributed by atoms with Gasteiger partial charge in [0.25, 0.3) is 10.2 Å². The number of nitrogens with zero attached hydrogens (tertiary/aromatic N) is 1. The van der Waals surface area contributed by atoms with E-state index in [4.69, 9.17) is 9.84 Å². The zero-order valence-corrected chi connectivity index (χ0v) is 13.2. The maximum atomic E-state index is 12.2. The molecule has 1 aromatic carbocycles. The third-order valence-electron chi connectivity index (χ3n) is 3.42. The molecule has 0 amide bonds. The Morgan fingerprint density at radius 2 is 2.27 bits per heavy atom. The number of benzene rings is 1. The monoisotopic (exact) mass is 328 g/mol. The first-order chi connectivity index (χ1) is 10.4. The van der Waals surface area contributed by atoms with Crippen molar-refractivity contribution >= 4 is 16.2 Å². The van der Waals surface area contributed by atoms with Crippen LogP contribution in [0.2, 0.25) is 0 Å². The molecule has 1 heterocycles. The Morgan fingerprint density at radius 3 is 2.95 bits per heavy atom. The highest BCUT2D eigenvalue weighted by Gasteiger charge is 2.26. The fourth-order valence-corrected chi connectivity index (χ4v) is 3.54. The minimum atomic E-state index is -3.53. The maximum absolute atomic E-state index is 12.2. The Labute approximate surface area is 130 Å². The molecule has 0 aromatic heterocycles. The minimum Gasteiger partial charge on any atom is -0.478 e. The summed E-state index contributed by atoms with van der Waals surface area (Å²) >= 11 is 0. The summed E-state index contributed by atoms with van der Waals surface area (Å²) in [5, 5.41) is 8.93. The third-order valence-corrected chi connectivity index (χ3v) is 5.00. The van der Waals surface area contributed by atoms with Gasteiger partial charge >= 0.3 is 5.97 Å². The Balaban J connectivity index is 1.90. The van der Waals surface area contributed by atoms with Gasteiger partial charge in [0.1, 0.15) is 0 Å². The number of carbonyl (C=O) groups is 1.